The van der Waals surface area contributed by atoms with Gasteiger partial charge in [0.25, 0.3) is 0 Å². The second-order valence-electron chi connectivity index (χ2n) is 5.53. The highest BCUT2D eigenvalue weighted by Gasteiger charge is 2.50. The zero-order valence-corrected chi connectivity index (χ0v) is 11.9. The van der Waals surface area contributed by atoms with Crippen LogP contribution in [0.1, 0.15) is 44.8 Å². The Labute approximate surface area is 114 Å². The van der Waals surface area contributed by atoms with Crippen molar-refractivity contribution in [2.24, 2.45) is 11.3 Å². The minimum absolute atomic E-state index is 0.194. The summed E-state index contributed by atoms with van der Waals surface area (Å²) in [6, 6.07) is 7.52. The summed E-state index contributed by atoms with van der Waals surface area (Å²) in [5.74, 6) is 0.531. The van der Waals surface area contributed by atoms with E-state index in [4.69, 9.17) is 11.6 Å². The quantitative estimate of drug-likeness (QED) is 0.778. The predicted molar refractivity (Wildman–Crippen MR) is 76.7 cm³/mol. The molecule has 98 valence electrons. The van der Waals surface area contributed by atoms with Gasteiger partial charge in [-0.2, -0.15) is 0 Å². The Balaban J connectivity index is 2.26. The minimum atomic E-state index is -0.506. The second-order valence-corrected chi connectivity index (χ2v) is 5.97. The molecule has 0 amide bonds. The minimum Gasteiger partial charge on any atom is -0.387 e. The maximum Gasteiger partial charge on any atom is 0.0883 e. The van der Waals surface area contributed by atoms with Gasteiger partial charge in [-0.3, -0.25) is 0 Å². The van der Waals surface area contributed by atoms with Crippen molar-refractivity contribution in [3.63, 3.8) is 0 Å². The SMILES string of the molecule is C=C1C[C@@H](CCC)[C@]1(C)[C@@H](O)c1cccc(Cl)c1. The molecule has 1 aromatic rings. The fraction of sp³-hybridized carbons (Fsp3) is 0.500. The molecule has 1 N–H and O–H groups in total. The number of halogens is 1. The highest BCUT2D eigenvalue weighted by atomic mass is 35.5. The molecule has 0 heterocycles. The van der Waals surface area contributed by atoms with Crippen molar-refractivity contribution in [2.75, 3.05) is 0 Å². The van der Waals surface area contributed by atoms with Gasteiger partial charge in [-0.15, -0.1) is 0 Å². The van der Waals surface area contributed by atoms with Gasteiger partial charge in [-0.1, -0.05) is 56.2 Å². The summed E-state index contributed by atoms with van der Waals surface area (Å²) in [4.78, 5) is 0. The van der Waals surface area contributed by atoms with Crippen LogP contribution in [-0.2, 0) is 0 Å². The van der Waals surface area contributed by atoms with Crippen LogP contribution in [0.25, 0.3) is 0 Å². The van der Waals surface area contributed by atoms with Gasteiger partial charge in [0.05, 0.1) is 6.10 Å². The molecule has 0 aliphatic heterocycles. The third-order valence-corrected chi connectivity index (χ3v) is 4.71. The monoisotopic (exact) mass is 264 g/mol. The van der Waals surface area contributed by atoms with Crippen molar-refractivity contribution < 1.29 is 5.11 Å². The summed E-state index contributed by atoms with van der Waals surface area (Å²) in [5, 5.41) is 11.3. The van der Waals surface area contributed by atoms with E-state index in [1.165, 1.54) is 0 Å². The van der Waals surface area contributed by atoms with Crippen molar-refractivity contribution in [3.05, 3.63) is 47.0 Å². The van der Waals surface area contributed by atoms with Gasteiger partial charge >= 0.3 is 0 Å². The zero-order chi connectivity index (χ0) is 13.3. The largest absolute Gasteiger partial charge is 0.387 e. The molecule has 0 spiro atoms. The summed E-state index contributed by atoms with van der Waals surface area (Å²) >= 11 is 6.00. The summed E-state index contributed by atoms with van der Waals surface area (Å²) in [6.45, 7) is 8.44. The Kier molecular flexibility index (Phi) is 3.84. The van der Waals surface area contributed by atoms with E-state index in [2.05, 4.69) is 20.4 Å². The van der Waals surface area contributed by atoms with Crippen LogP contribution in [0.5, 0.6) is 0 Å². The van der Waals surface area contributed by atoms with Crippen LogP contribution in [0, 0.1) is 11.3 Å². The highest BCUT2D eigenvalue weighted by Crippen LogP contribution is 2.59. The number of hydrogen-bond donors (Lipinski definition) is 1. The Bertz CT molecular complexity index is 454. The van der Waals surface area contributed by atoms with Crippen LogP contribution in [0.4, 0.5) is 0 Å². The maximum atomic E-state index is 10.7. The molecule has 1 fully saturated rings. The van der Waals surface area contributed by atoms with Crippen LogP contribution in [0.15, 0.2) is 36.4 Å². The fourth-order valence-corrected chi connectivity index (χ4v) is 3.28. The molecule has 18 heavy (non-hydrogen) atoms. The van der Waals surface area contributed by atoms with E-state index in [9.17, 15) is 5.11 Å². The standard InChI is InChI=1S/C16H21ClO/c1-4-6-13-9-11(2)16(13,3)15(18)12-7-5-8-14(17)10-12/h5,7-8,10,13,15,18H,2,4,6,9H2,1,3H3/t13-,15+,16-/m1/s1. The molecule has 1 aromatic carbocycles. The maximum absolute atomic E-state index is 10.7. The molecule has 0 radical (unpaired) electrons. The number of rotatable bonds is 4. The van der Waals surface area contributed by atoms with Crippen LogP contribution in [0.3, 0.4) is 0 Å². The van der Waals surface area contributed by atoms with Gasteiger partial charge in [-0.05, 0) is 36.5 Å². The lowest BCUT2D eigenvalue weighted by atomic mass is 9.53. The normalized spacial score (nSPS) is 28.9. The summed E-state index contributed by atoms with van der Waals surface area (Å²) in [5.41, 5.74) is 1.86. The van der Waals surface area contributed by atoms with Crippen LogP contribution in [0.2, 0.25) is 5.02 Å². The van der Waals surface area contributed by atoms with E-state index in [1.54, 1.807) is 0 Å². The molecule has 1 aliphatic rings. The van der Waals surface area contributed by atoms with Crippen molar-refractivity contribution >= 4 is 11.6 Å². The molecule has 1 saturated carbocycles. The van der Waals surface area contributed by atoms with Crippen molar-refractivity contribution in [1.82, 2.24) is 0 Å². The lowest BCUT2D eigenvalue weighted by Crippen LogP contribution is -2.44. The molecule has 0 aromatic heterocycles. The molecular formula is C16H21ClO. The molecule has 0 bridgehead atoms. The predicted octanol–water partition coefficient (Wildman–Crippen LogP) is 4.76. The summed E-state index contributed by atoms with van der Waals surface area (Å²) < 4.78 is 0. The van der Waals surface area contributed by atoms with E-state index >= 15 is 0 Å². The van der Waals surface area contributed by atoms with E-state index in [-0.39, 0.29) is 5.41 Å². The summed E-state index contributed by atoms with van der Waals surface area (Å²) in [7, 11) is 0. The highest BCUT2D eigenvalue weighted by molar-refractivity contribution is 6.30. The number of hydrogen-bond acceptors (Lipinski definition) is 1. The van der Waals surface area contributed by atoms with E-state index in [0.29, 0.717) is 10.9 Å². The average Bonchev–Trinajstić information content (AvgIpc) is 2.37. The molecule has 1 nitrogen and oxygen atoms in total. The molecule has 2 rings (SSSR count). The Hall–Kier alpha value is -0.790. The number of benzene rings is 1. The Morgan fingerprint density at radius 1 is 1.56 bits per heavy atom. The van der Waals surface area contributed by atoms with Crippen molar-refractivity contribution in [2.45, 2.75) is 39.2 Å². The average molecular weight is 265 g/mol. The third-order valence-electron chi connectivity index (χ3n) is 4.47. The van der Waals surface area contributed by atoms with Crippen LogP contribution >= 0.6 is 11.6 Å². The van der Waals surface area contributed by atoms with Gasteiger partial charge in [0, 0.05) is 10.4 Å². The van der Waals surface area contributed by atoms with Crippen molar-refractivity contribution in [3.8, 4) is 0 Å². The first-order valence-corrected chi connectivity index (χ1v) is 6.99. The van der Waals surface area contributed by atoms with E-state index in [1.807, 2.05) is 24.3 Å². The second kappa shape index (κ2) is 5.07. The smallest absolute Gasteiger partial charge is 0.0883 e. The third kappa shape index (κ3) is 2.10. The first kappa shape index (κ1) is 13.6. The fourth-order valence-electron chi connectivity index (χ4n) is 3.08. The first-order valence-electron chi connectivity index (χ1n) is 6.62. The lowest BCUT2D eigenvalue weighted by Gasteiger charge is -2.52. The Morgan fingerprint density at radius 2 is 2.28 bits per heavy atom. The van der Waals surface area contributed by atoms with Gasteiger partial charge < -0.3 is 5.11 Å². The Morgan fingerprint density at radius 3 is 2.83 bits per heavy atom. The molecule has 1 aliphatic carbocycles. The molecule has 3 atom stereocenters. The van der Waals surface area contributed by atoms with Gasteiger partial charge in [0.1, 0.15) is 0 Å². The van der Waals surface area contributed by atoms with Gasteiger partial charge in [-0.25, -0.2) is 0 Å². The van der Waals surface area contributed by atoms with Gasteiger partial charge in [0.15, 0.2) is 0 Å². The molecule has 2 heteroatoms. The summed E-state index contributed by atoms with van der Waals surface area (Å²) in [6.07, 6.45) is 2.83. The van der Waals surface area contributed by atoms with Crippen molar-refractivity contribution in [1.29, 1.82) is 0 Å². The molecule has 0 unspecified atom stereocenters. The van der Waals surface area contributed by atoms with E-state index in [0.717, 1.165) is 30.4 Å². The number of aliphatic hydroxyl groups is 1. The molecular weight excluding hydrogens is 244 g/mol. The first-order chi connectivity index (χ1) is 8.50. The van der Waals surface area contributed by atoms with Crippen LogP contribution in [-0.4, -0.2) is 5.11 Å². The topological polar surface area (TPSA) is 20.2 Å². The lowest BCUT2D eigenvalue weighted by molar-refractivity contribution is -0.0270. The molecule has 0 saturated heterocycles. The zero-order valence-electron chi connectivity index (χ0n) is 11.1. The van der Waals surface area contributed by atoms with E-state index < -0.39 is 6.10 Å². The number of aliphatic hydroxyl groups excluding tert-OH is 1. The van der Waals surface area contributed by atoms with Gasteiger partial charge in [0.2, 0.25) is 0 Å². The van der Waals surface area contributed by atoms with Crippen LogP contribution < -0.4 is 0 Å².